The van der Waals surface area contributed by atoms with E-state index in [9.17, 15) is 0 Å². The Bertz CT molecular complexity index is 32.5. The normalized spacial score (nSPS) is 3.44. The molecular formula is C4H8OPVY2-3. The predicted octanol–water partition coefficient (Wildman–Crippen LogP) is 0.966. The summed E-state index contributed by atoms with van der Waals surface area (Å²) in [5.41, 5.74) is 0. The third-order valence-corrected chi connectivity index (χ3v) is 0. The second kappa shape index (κ2) is 44.5. The van der Waals surface area contributed by atoms with Crippen LogP contribution in [0.25, 0.3) is 0 Å². The zero-order chi connectivity index (χ0) is 5.41. The van der Waals surface area contributed by atoms with Gasteiger partial charge in [0.15, 0.2) is 0 Å². The van der Waals surface area contributed by atoms with Gasteiger partial charge in [-0.3, -0.25) is 9.24 Å². The quantitative estimate of drug-likeness (QED) is 0.477. The molecule has 0 aliphatic heterocycles. The Balaban J connectivity index is -0.00000000889. The molecule has 0 aliphatic rings. The first-order chi connectivity index (χ1) is 2.83. The van der Waals surface area contributed by atoms with Gasteiger partial charge in [-0.25, -0.2) is 6.03 Å². The molecule has 0 amide bonds. The maximum absolute atomic E-state index is 8.64. The van der Waals surface area contributed by atoms with Crippen LogP contribution in [0.5, 0.6) is 0 Å². The van der Waals surface area contributed by atoms with Gasteiger partial charge in [0.2, 0.25) is 0 Å². The van der Waals surface area contributed by atoms with E-state index in [1.165, 1.54) is 6.03 Å². The minimum atomic E-state index is 0. The van der Waals surface area contributed by atoms with E-state index in [0.29, 0.717) is 0 Å². The standard InChI is InChI=1S/C3H6.CH2OP.V.2Y/c1-3-2;2-1-3;;;/h1-3H2;3H2;;;/q-2;-1;;;. The summed E-state index contributed by atoms with van der Waals surface area (Å²) >= 11 is 0. The third kappa shape index (κ3) is 103. The van der Waals surface area contributed by atoms with Crippen molar-refractivity contribution < 1.29 is 88.8 Å². The fourth-order valence-electron chi connectivity index (χ4n) is 0. The minimum absolute atomic E-state index is 0. The third-order valence-electron chi connectivity index (χ3n) is 0. The summed E-state index contributed by atoms with van der Waals surface area (Å²) in [5, 5.41) is 0. The molecular weight excluding hydrogens is 324 g/mol. The molecule has 0 aromatic carbocycles. The SMILES string of the molecule is O=[C-]P.[CH2-]C[CH2-].[V].[Y].[Y]. The van der Waals surface area contributed by atoms with Gasteiger partial charge in [-0.1, -0.05) is 0 Å². The van der Waals surface area contributed by atoms with Gasteiger partial charge in [-0.15, -0.1) is 0 Å². The molecule has 0 aromatic rings. The van der Waals surface area contributed by atoms with Crippen LogP contribution >= 0.6 is 9.24 Å². The molecule has 0 rings (SSSR count). The molecule has 0 heterocycles. The van der Waals surface area contributed by atoms with E-state index < -0.39 is 0 Å². The van der Waals surface area contributed by atoms with Gasteiger partial charge in [-0.05, 0) is 0 Å². The Kier molecular flexibility index (Phi) is 147. The maximum Gasteiger partial charge on any atom is 0 e. The summed E-state index contributed by atoms with van der Waals surface area (Å²) in [7, 11) is 1.77. The fraction of sp³-hybridized carbons (Fsp3) is 0.250. The topological polar surface area (TPSA) is 17.1 Å². The first-order valence-electron chi connectivity index (χ1n) is 1.49. The molecule has 0 bridgehead atoms. The molecule has 1 atom stereocenters. The zero-order valence-corrected chi connectivity index (χ0v) is 13.4. The van der Waals surface area contributed by atoms with Crippen molar-refractivity contribution in [2.75, 3.05) is 0 Å². The summed E-state index contributed by atoms with van der Waals surface area (Å²) in [6, 6.07) is 1.42. The molecule has 0 saturated carbocycles. The molecule has 9 heavy (non-hydrogen) atoms. The number of carbonyl (C=O) groups excluding carboxylic acids is 1. The maximum atomic E-state index is 8.64. The Hall–Kier alpha value is 2.89. The van der Waals surface area contributed by atoms with Gasteiger partial charge < -0.3 is 25.1 Å². The van der Waals surface area contributed by atoms with E-state index in [1.807, 2.05) is 0 Å². The van der Waals surface area contributed by atoms with Crippen LogP contribution in [-0.4, -0.2) is 6.03 Å². The van der Waals surface area contributed by atoms with E-state index in [2.05, 4.69) is 13.8 Å². The van der Waals surface area contributed by atoms with Gasteiger partial charge in [0, 0.05) is 84.0 Å². The van der Waals surface area contributed by atoms with Crippen LogP contribution in [0.3, 0.4) is 0 Å². The van der Waals surface area contributed by atoms with E-state index in [0.717, 1.165) is 6.42 Å². The van der Waals surface area contributed by atoms with Crippen molar-refractivity contribution in [1.29, 1.82) is 0 Å². The van der Waals surface area contributed by atoms with Crippen molar-refractivity contribution in [2.24, 2.45) is 0 Å². The molecule has 0 aromatic heterocycles. The Labute approximate surface area is 122 Å². The molecule has 0 fully saturated rings. The van der Waals surface area contributed by atoms with Crippen LogP contribution in [0.2, 0.25) is 0 Å². The zero-order valence-electron chi connectivity index (χ0n) is 5.21. The molecule has 5 heteroatoms. The fourth-order valence-corrected chi connectivity index (χ4v) is 0. The van der Waals surface area contributed by atoms with Crippen LogP contribution in [0.4, 0.5) is 0 Å². The van der Waals surface area contributed by atoms with Crippen LogP contribution in [0, 0.1) is 13.8 Å². The average Bonchev–Trinajstić information content (AvgIpc) is 1.39. The predicted molar refractivity (Wildman–Crippen MR) is 30.7 cm³/mol. The largest absolute Gasteiger partial charge is 0.537 e. The van der Waals surface area contributed by atoms with E-state index >= 15 is 0 Å². The van der Waals surface area contributed by atoms with Gasteiger partial charge in [0.1, 0.15) is 0 Å². The van der Waals surface area contributed by atoms with Gasteiger partial charge >= 0.3 is 0 Å². The Morgan fingerprint density at radius 3 is 1.33 bits per heavy atom. The van der Waals surface area contributed by atoms with Gasteiger partial charge in [0.05, 0.1) is 0 Å². The van der Waals surface area contributed by atoms with Crippen LogP contribution < -0.4 is 0 Å². The van der Waals surface area contributed by atoms with Crippen molar-refractivity contribution in [3.8, 4) is 0 Å². The monoisotopic (exact) mass is 332 g/mol. The van der Waals surface area contributed by atoms with Gasteiger partial charge in [0.25, 0.3) is 0 Å². The smallest absolute Gasteiger partial charge is 0 e. The first kappa shape index (κ1) is 29.7. The summed E-state index contributed by atoms with van der Waals surface area (Å²) in [6.45, 7) is 6.75. The average molecular weight is 332 g/mol. The van der Waals surface area contributed by atoms with Crippen molar-refractivity contribution in [1.82, 2.24) is 0 Å². The summed E-state index contributed by atoms with van der Waals surface area (Å²) in [5.74, 6) is 0. The van der Waals surface area contributed by atoms with Crippen molar-refractivity contribution in [3.63, 3.8) is 0 Å². The molecule has 3 radical (unpaired) electrons. The number of hydrogen-bond acceptors (Lipinski definition) is 1. The number of hydrogen-bond donors (Lipinski definition) is 0. The molecule has 0 saturated heterocycles. The van der Waals surface area contributed by atoms with E-state index in [-0.39, 0.29) is 84.0 Å². The molecule has 0 N–H and O–H groups in total. The second-order valence-electron chi connectivity index (χ2n) is 0.471. The van der Waals surface area contributed by atoms with E-state index in [1.54, 1.807) is 9.24 Å². The van der Waals surface area contributed by atoms with Crippen LogP contribution in [-0.2, 0) is 88.8 Å². The first-order valence-corrected chi connectivity index (χ1v) is 2.07. The number of rotatable bonds is 0. The molecule has 1 nitrogen and oxygen atoms in total. The second-order valence-corrected chi connectivity index (χ2v) is 0.707. The summed E-state index contributed by atoms with van der Waals surface area (Å²) in [6.07, 6.45) is 0.750. The Morgan fingerprint density at radius 2 is 1.33 bits per heavy atom. The summed E-state index contributed by atoms with van der Waals surface area (Å²) in [4.78, 5) is 8.64. The molecule has 49 valence electrons. The summed E-state index contributed by atoms with van der Waals surface area (Å²) < 4.78 is 0. The minimum Gasteiger partial charge on any atom is -0.537 e. The van der Waals surface area contributed by atoms with Crippen molar-refractivity contribution in [2.45, 2.75) is 6.42 Å². The Morgan fingerprint density at radius 1 is 1.33 bits per heavy atom. The van der Waals surface area contributed by atoms with Crippen LogP contribution in [0.15, 0.2) is 0 Å². The van der Waals surface area contributed by atoms with Crippen molar-refractivity contribution >= 4 is 15.3 Å². The van der Waals surface area contributed by atoms with Crippen molar-refractivity contribution in [3.05, 3.63) is 13.8 Å². The molecule has 1 unspecified atom stereocenters. The van der Waals surface area contributed by atoms with Gasteiger partial charge in [-0.2, -0.15) is 0 Å². The van der Waals surface area contributed by atoms with E-state index in [4.69, 9.17) is 4.79 Å². The molecule has 0 spiro atoms. The molecule has 0 aliphatic carbocycles. The van der Waals surface area contributed by atoms with Crippen LogP contribution in [0.1, 0.15) is 6.42 Å².